The van der Waals surface area contributed by atoms with Crippen molar-refractivity contribution in [3.05, 3.63) is 187 Å². The Balaban J connectivity index is 0.000000564. The van der Waals surface area contributed by atoms with Crippen LogP contribution < -0.4 is 31.8 Å². The van der Waals surface area contributed by atoms with Crippen molar-refractivity contribution in [2.75, 3.05) is 0 Å². The standard InChI is InChI=1S/C37H30O3P3.C5H10.2ClH.Zr/c38-41(31-19-7-1-8-20-31,32-21-9-2-10-22-32)37(42(39,33-23-11-3-12-24-33)34-25-13-4-14-26-34)43(40,35-27-15-5-16-28-35)36-29-17-6-18-30-36;1-2-4-5-3-1;;;/h1-30H;1-5H2;2*1H;/q-1;;;;+4/p-2. The first kappa shape index (κ1) is 39.7. The summed E-state index contributed by atoms with van der Waals surface area (Å²) in [4.78, 5) is 0. The number of hydrogen-bond donors (Lipinski definition) is 0. The molecular weight excluding hydrogens is 808 g/mol. The molecule has 6 aromatic carbocycles. The van der Waals surface area contributed by atoms with Gasteiger partial charge in [0.1, 0.15) is 0 Å². The molecule has 0 aromatic heterocycles. The Hall–Kier alpha value is -2.53. The molecule has 9 heteroatoms. The molecule has 258 valence electrons. The second-order valence-corrected chi connectivity index (χ2v) is 24.9. The summed E-state index contributed by atoms with van der Waals surface area (Å²) in [5.41, 5.74) is 0. The van der Waals surface area contributed by atoms with Crippen molar-refractivity contribution in [1.29, 1.82) is 0 Å². The van der Waals surface area contributed by atoms with Gasteiger partial charge in [-0.2, -0.15) is 0 Å². The van der Waals surface area contributed by atoms with Crippen LogP contribution in [0.4, 0.5) is 0 Å². The van der Waals surface area contributed by atoms with Crippen LogP contribution in [0.15, 0.2) is 182 Å². The van der Waals surface area contributed by atoms with E-state index >= 15 is 13.7 Å². The Morgan fingerprint density at radius 1 is 0.333 bits per heavy atom. The number of hydrogen-bond acceptors (Lipinski definition) is 3. The molecule has 0 saturated heterocycles. The molecule has 1 aliphatic carbocycles. The van der Waals surface area contributed by atoms with Crippen molar-refractivity contribution in [1.82, 2.24) is 0 Å². The molecule has 3 nitrogen and oxygen atoms in total. The number of rotatable bonds is 9. The Bertz CT molecular complexity index is 1680. The van der Waals surface area contributed by atoms with Crippen LogP contribution in [0.2, 0.25) is 0 Å². The zero-order chi connectivity index (χ0) is 36.0. The van der Waals surface area contributed by atoms with Gasteiger partial charge >= 0.3 is 37.9 Å². The van der Waals surface area contributed by atoms with Crippen LogP contribution in [-0.4, -0.2) is 0 Å². The molecule has 0 amide bonds. The van der Waals surface area contributed by atoms with Crippen molar-refractivity contribution in [3.63, 3.8) is 0 Å². The molecule has 0 unspecified atom stereocenters. The topological polar surface area (TPSA) is 51.2 Å². The Morgan fingerprint density at radius 3 is 0.608 bits per heavy atom. The van der Waals surface area contributed by atoms with E-state index in [1.54, 1.807) is 72.8 Å². The summed E-state index contributed by atoms with van der Waals surface area (Å²) in [5.74, 6) is 0. The van der Waals surface area contributed by atoms with Gasteiger partial charge in [0.2, 0.25) is 0 Å². The fourth-order valence-corrected chi connectivity index (χ4v) is 21.2. The molecular formula is C42H40Cl2O3P3Zr+. The molecule has 1 fully saturated rings. The van der Waals surface area contributed by atoms with Crippen LogP contribution in [0, 0.1) is 5.14 Å². The maximum atomic E-state index is 16.5. The molecule has 0 radical (unpaired) electrons. The Labute approximate surface area is 321 Å². The molecule has 51 heavy (non-hydrogen) atoms. The minimum atomic E-state index is -4.05. The third-order valence-corrected chi connectivity index (χ3v) is 21.7. The summed E-state index contributed by atoms with van der Waals surface area (Å²) in [7, 11) is -2.28. The van der Waals surface area contributed by atoms with E-state index in [-0.39, 0.29) is 5.14 Å². The van der Waals surface area contributed by atoms with E-state index in [1.165, 1.54) is 32.1 Å². The van der Waals surface area contributed by atoms with E-state index in [2.05, 4.69) is 0 Å². The van der Waals surface area contributed by atoms with Gasteiger partial charge < -0.3 is 13.7 Å². The normalized spacial score (nSPS) is 12.8. The molecule has 6 aromatic rings. The second-order valence-electron chi connectivity index (χ2n) is 12.0. The molecule has 1 aliphatic rings. The Morgan fingerprint density at radius 2 is 0.471 bits per heavy atom. The fourth-order valence-electron chi connectivity index (χ4n) is 6.45. The van der Waals surface area contributed by atoms with Crippen LogP contribution >= 0.6 is 38.5 Å². The van der Waals surface area contributed by atoms with E-state index in [1.807, 2.05) is 109 Å². The van der Waals surface area contributed by atoms with Crippen LogP contribution in [-0.2, 0) is 34.5 Å². The predicted molar refractivity (Wildman–Crippen MR) is 217 cm³/mol. The second kappa shape index (κ2) is 19.5. The zero-order valence-corrected chi connectivity index (χ0v) is 34.8. The van der Waals surface area contributed by atoms with E-state index < -0.39 is 42.3 Å². The molecule has 0 bridgehead atoms. The van der Waals surface area contributed by atoms with Crippen molar-refractivity contribution in [3.8, 4) is 0 Å². The van der Waals surface area contributed by atoms with E-state index in [4.69, 9.17) is 17.0 Å². The Kier molecular flexibility index (Phi) is 15.2. The van der Waals surface area contributed by atoms with Crippen molar-refractivity contribution >= 4 is 70.3 Å². The third kappa shape index (κ3) is 8.99. The zero-order valence-electron chi connectivity index (χ0n) is 28.2. The maximum absolute atomic E-state index is 16.5. The quantitative estimate of drug-likeness (QED) is 0.108. The van der Waals surface area contributed by atoms with Gasteiger partial charge in [-0.05, 0) is 31.8 Å². The molecule has 1 saturated carbocycles. The van der Waals surface area contributed by atoms with E-state index in [9.17, 15) is 0 Å². The first-order chi connectivity index (χ1) is 24.9. The SMILES string of the molecule is C1CCCC1.O=P(c1ccccc1)(c1ccccc1)[C-](P(=O)(c1ccccc1)c1ccccc1)P(=O)(c1ccccc1)c1ccccc1.[Cl][Zr+2][Cl]. The summed E-state index contributed by atoms with van der Waals surface area (Å²) in [5, 5.41) is 2.96. The van der Waals surface area contributed by atoms with E-state index in [0.29, 0.717) is 31.8 Å². The average molecular weight is 848 g/mol. The molecule has 0 atom stereocenters. The van der Waals surface area contributed by atoms with Gasteiger partial charge in [0.25, 0.3) is 0 Å². The molecule has 0 spiro atoms. The fraction of sp³-hybridized carbons (Fsp3) is 0.119. The third-order valence-electron chi connectivity index (χ3n) is 8.81. The van der Waals surface area contributed by atoms with Crippen LogP contribution in [0.25, 0.3) is 0 Å². The number of benzene rings is 6. The summed E-state index contributed by atoms with van der Waals surface area (Å²) < 4.78 is 49.6. The molecule has 7 rings (SSSR count). The summed E-state index contributed by atoms with van der Waals surface area (Å²) in [6, 6.07) is 54.7. The van der Waals surface area contributed by atoms with E-state index in [0.717, 1.165) is 0 Å². The molecule has 0 heterocycles. The van der Waals surface area contributed by atoms with Crippen LogP contribution in [0.3, 0.4) is 0 Å². The van der Waals surface area contributed by atoms with Crippen molar-refractivity contribution in [2.45, 2.75) is 32.1 Å². The molecule has 0 aliphatic heterocycles. The van der Waals surface area contributed by atoms with Gasteiger partial charge in [-0.3, -0.25) is 0 Å². The summed E-state index contributed by atoms with van der Waals surface area (Å²) >= 11 is -0.826. The van der Waals surface area contributed by atoms with Crippen molar-refractivity contribution in [2.24, 2.45) is 0 Å². The van der Waals surface area contributed by atoms with Crippen LogP contribution in [0.5, 0.6) is 0 Å². The van der Waals surface area contributed by atoms with Crippen LogP contribution in [0.1, 0.15) is 32.1 Å². The first-order valence-electron chi connectivity index (χ1n) is 16.9. The summed E-state index contributed by atoms with van der Waals surface area (Å²) in [6.45, 7) is 0. The minimum absolute atomic E-state index is 0.0692. The first-order valence-corrected chi connectivity index (χ1v) is 28.4. The summed E-state index contributed by atoms with van der Waals surface area (Å²) in [6.07, 6.45) is 7.50. The van der Waals surface area contributed by atoms with Gasteiger partial charge in [0, 0.05) is 21.4 Å². The van der Waals surface area contributed by atoms with Gasteiger partial charge in [0.15, 0.2) is 0 Å². The predicted octanol–water partition coefficient (Wildman–Crippen LogP) is 10.8. The van der Waals surface area contributed by atoms with Crippen molar-refractivity contribution < 1.29 is 34.5 Å². The monoisotopic (exact) mass is 845 g/mol. The average Bonchev–Trinajstić information content (AvgIpc) is 3.81. The van der Waals surface area contributed by atoms with Gasteiger partial charge in [-0.25, -0.2) is 0 Å². The molecule has 0 N–H and O–H groups in total. The number of halogens is 2. The van der Waals surface area contributed by atoms with Gasteiger partial charge in [0.05, 0.1) is 0 Å². The van der Waals surface area contributed by atoms with Gasteiger partial charge in [-0.15, -0.1) is 0 Å². The van der Waals surface area contributed by atoms with Gasteiger partial charge in [-0.1, -0.05) is 219 Å².